The molecule has 3 rings (SSSR count). The Morgan fingerprint density at radius 1 is 1.19 bits per heavy atom. The lowest BCUT2D eigenvalue weighted by Crippen LogP contribution is -1.90. The minimum Gasteiger partial charge on any atom is -0.341 e. The summed E-state index contributed by atoms with van der Waals surface area (Å²) in [6.07, 6.45) is 4.39. The van der Waals surface area contributed by atoms with Crippen molar-refractivity contribution in [1.29, 1.82) is 0 Å². The Morgan fingerprint density at radius 2 is 2.06 bits per heavy atom. The highest BCUT2D eigenvalue weighted by atomic mass is 14.9. The van der Waals surface area contributed by atoms with Gasteiger partial charge < -0.3 is 4.98 Å². The molecular formula is C13H10N3. The largest absolute Gasteiger partial charge is 0.341 e. The van der Waals surface area contributed by atoms with Crippen molar-refractivity contribution in [1.82, 2.24) is 15.0 Å². The van der Waals surface area contributed by atoms with Crippen LogP contribution in [0.3, 0.4) is 0 Å². The highest BCUT2D eigenvalue weighted by molar-refractivity contribution is 5.74. The molecule has 0 atom stereocenters. The molecule has 16 heavy (non-hydrogen) atoms. The Hall–Kier alpha value is -2.16. The maximum Gasteiger partial charge on any atom is 0.111 e. The predicted octanol–water partition coefficient (Wildman–Crippen LogP) is 2.35. The fourth-order valence-electron chi connectivity index (χ4n) is 1.72. The molecule has 2 heterocycles. The lowest BCUT2D eigenvalue weighted by molar-refractivity contribution is 1.03. The summed E-state index contributed by atoms with van der Waals surface area (Å²) < 4.78 is 0. The summed E-state index contributed by atoms with van der Waals surface area (Å²) in [4.78, 5) is 11.8. The molecule has 1 aromatic carbocycles. The number of hydrogen-bond donors (Lipinski definition) is 1. The molecule has 0 saturated carbocycles. The van der Waals surface area contributed by atoms with Gasteiger partial charge in [-0.25, -0.2) is 4.98 Å². The topological polar surface area (TPSA) is 41.6 Å². The van der Waals surface area contributed by atoms with Crippen molar-refractivity contribution in [2.75, 3.05) is 0 Å². The van der Waals surface area contributed by atoms with Crippen molar-refractivity contribution in [3.63, 3.8) is 0 Å². The van der Waals surface area contributed by atoms with Gasteiger partial charge in [-0.15, -0.1) is 0 Å². The first-order valence-corrected chi connectivity index (χ1v) is 5.16. The van der Waals surface area contributed by atoms with Crippen molar-refractivity contribution in [2.45, 2.75) is 6.42 Å². The summed E-state index contributed by atoms with van der Waals surface area (Å²) in [5.74, 6) is 0.962. The number of aromatic amines is 1. The monoisotopic (exact) mass is 208 g/mol. The van der Waals surface area contributed by atoms with Crippen molar-refractivity contribution >= 4 is 11.0 Å². The highest BCUT2D eigenvalue weighted by Crippen LogP contribution is 2.12. The molecule has 3 heteroatoms. The summed E-state index contributed by atoms with van der Waals surface area (Å²) in [6.45, 7) is 0. The highest BCUT2D eigenvalue weighted by Gasteiger charge is 2.02. The van der Waals surface area contributed by atoms with Gasteiger partial charge in [0, 0.05) is 24.9 Å². The average Bonchev–Trinajstić information content (AvgIpc) is 2.72. The quantitative estimate of drug-likeness (QED) is 0.702. The second-order valence-electron chi connectivity index (χ2n) is 3.65. The zero-order valence-corrected chi connectivity index (χ0v) is 8.64. The maximum atomic E-state index is 4.50. The first-order chi connectivity index (χ1) is 7.92. The Morgan fingerprint density at radius 3 is 2.88 bits per heavy atom. The van der Waals surface area contributed by atoms with Crippen LogP contribution in [-0.4, -0.2) is 15.0 Å². The Kier molecular flexibility index (Phi) is 2.14. The first-order valence-electron chi connectivity index (χ1n) is 5.16. The minimum atomic E-state index is 0.797. The second kappa shape index (κ2) is 3.77. The summed E-state index contributed by atoms with van der Waals surface area (Å²) >= 11 is 0. The third-order valence-corrected chi connectivity index (χ3v) is 2.48. The van der Waals surface area contributed by atoms with E-state index >= 15 is 0 Å². The summed E-state index contributed by atoms with van der Waals surface area (Å²) in [6, 6.07) is 12.9. The zero-order valence-electron chi connectivity index (χ0n) is 8.64. The third kappa shape index (κ3) is 1.67. The van der Waals surface area contributed by atoms with E-state index in [0.717, 1.165) is 23.3 Å². The van der Waals surface area contributed by atoms with E-state index in [-0.39, 0.29) is 0 Å². The molecule has 2 aromatic heterocycles. The molecule has 0 spiro atoms. The molecule has 3 aromatic rings. The van der Waals surface area contributed by atoms with Gasteiger partial charge in [0.05, 0.1) is 11.0 Å². The van der Waals surface area contributed by atoms with Crippen LogP contribution in [0.25, 0.3) is 11.0 Å². The maximum absolute atomic E-state index is 4.50. The standard InChI is InChI=1S/C13H10N3/c1-2-4-12-11(3-1)15-13(16-12)9-10-5-7-14-8-6-10/h1-3,5-8H,9H2,(H,15,16). The fourth-order valence-corrected chi connectivity index (χ4v) is 1.72. The van der Waals surface area contributed by atoms with E-state index in [4.69, 9.17) is 0 Å². The van der Waals surface area contributed by atoms with E-state index in [1.807, 2.05) is 30.3 Å². The lowest BCUT2D eigenvalue weighted by Gasteiger charge is -1.95. The number of benzene rings is 1. The number of imidazole rings is 1. The van der Waals surface area contributed by atoms with Crippen molar-refractivity contribution in [2.24, 2.45) is 0 Å². The molecule has 0 amide bonds. The first kappa shape index (κ1) is 9.09. The van der Waals surface area contributed by atoms with E-state index in [1.54, 1.807) is 12.4 Å². The van der Waals surface area contributed by atoms with Crippen LogP contribution in [0.1, 0.15) is 11.4 Å². The van der Waals surface area contributed by atoms with Gasteiger partial charge in [-0.3, -0.25) is 4.98 Å². The molecule has 0 saturated heterocycles. The van der Waals surface area contributed by atoms with Crippen LogP contribution in [0.4, 0.5) is 0 Å². The third-order valence-electron chi connectivity index (χ3n) is 2.48. The molecule has 77 valence electrons. The van der Waals surface area contributed by atoms with E-state index in [9.17, 15) is 0 Å². The average molecular weight is 208 g/mol. The van der Waals surface area contributed by atoms with Crippen LogP contribution in [0, 0.1) is 6.07 Å². The number of hydrogen-bond acceptors (Lipinski definition) is 2. The van der Waals surface area contributed by atoms with Gasteiger partial charge in [0.2, 0.25) is 0 Å². The smallest absolute Gasteiger partial charge is 0.111 e. The molecule has 0 bridgehead atoms. The normalized spacial score (nSPS) is 10.8. The number of aromatic nitrogens is 3. The van der Waals surface area contributed by atoms with Crippen LogP contribution < -0.4 is 0 Å². The van der Waals surface area contributed by atoms with E-state index < -0.39 is 0 Å². The van der Waals surface area contributed by atoms with Gasteiger partial charge in [-0.05, 0) is 23.8 Å². The number of nitrogens with one attached hydrogen (secondary N) is 1. The number of H-pyrrole nitrogens is 1. The number of rotatable bonds is 2. The van der Waals surface area contributed by atoms with Crippen molar-refractivity contribution in [3.05, 3.63) is 60.2 Å². The van der Waals surface area contributed by atoms with Crippen molar-refractivity contribution in [3.8, 4) is 0 Å². The molecule has 0 aliphatic carbocycles. The second-order valence-corrected chi connectivity index (χ2v) is 3.65. The van der Waals surface area contributed by atoms with E-state index in [2.05, 4.69) is 21.0 Å². The van der Waals surface area contributed by atoms with E-state index in [0.29, 0.717) is 0 Å². The minimum absolute atomic E-state index is 0.797. The van der Waals surface area contributed by atoms with Crippen LogP contribution in [-0.2, 0) is 6.42 Å². The SMILES string of the molecule is [c]1cccc2nc(Cc3ccncc3)[nH]c12. The Balaban J connectivity index is 1.95. The van der Waals surface area contributed by atoms with Crippen LogP contribution in [0.2, 0.25) is 0 Å². The van der Waals surface area contributed by atoms with Gasteiger partial charge in [0.1, 0.15) is 5.82 Å². The molecule has 1 N–H and O–H groups in total. The number of fused-ring (bicyclic) bond motifs is 1. The number of para-hydroxylation sites is 1. The molecule has 0 unspecified atom stereocenters. The molecule has 3 nitrogen and oxygen atoms in total. The van der Waals surface area contributed by atoms with Gasteiger partial charge in [0.25, 0.3) is 0 Å². The fraction of sp³-hybridized carbons (Fsp3) is 0.0769. The van der Waals surface area contributed by atoms with Crippen LogP contribution in [0.5, 0.6) is 0 Å². The molecule has 1 radical (unpaired) electrons. The summed E-state index contributed by atoms with van der Waals surface area (Å²) in [5, 5.41) is 0. The summed E-state index contributed by atoms with van der Waals surface area (Å²) in [5.41, 5.74) is 3.13. The zero-order chi connectivity index (χ0) is 10.8. The molecule has 0 aliphatic heterocycles. The van der Waals surface area contributed by atoms with Gasteiger partial charge in [-0.1, -0.05) is 12.1 Å². The van der Waals surface area contributed by atoms with Gasteiger partial charge in [0.15, 0.2) is 0 Å². The summed E-state index contributed by atoms with van der Waals surface area (Å²) in [7, 11) is 0. The van der Waals surface area contributed by atoms with Crippen LogP contribution in [0.15, 0.2) is 42.7 Å². The lowest BCUT2D eigenvalue weighted by atomic mass is 10.2. The van der Waals surface area contributed by atoms with Gasteiger partial charge >= 0.3 is 0 Å². The molecule has 0 fully saturated rings. The number of pyridine rings is 1. The Labute approximate surface area is 93.2 Å². The number of nitrogens with zero attached hydrogens (tertiary/aromatic N) is 2. The Bertz CT molecular complexity index is 566. The van der Waals surface area contributed by atoms with E-state index in [1.165, 1.54) is 5.56 Å². The van der Waals surface area contributed by atoms with Gasteiger partial charge in [-0.2, -0.15) is 0 Å². The molecular weight excluding hydrogens is 198 g/mol. The molecule has 0 aliphatic rings. The predicted molar refractivity (Wildman–Crippen MR) is 62.0 cm³/mol. The van der Waals surface area contributed by atoms with Crippen LogP contribution >= 0.6 is 0 Å². The van der Waals surface area contributed by atoms with Crippen molar-refractivity contribution < 1.29 is 0 Å².